The standard InChI is InChI=1S/C22H25N3O2S/c1-16(14-21-23-19-8-3-4-9-20(19)28-21)24-10-12-25(13-11-24)22(26)17-6-5-7-18(15-17)27-2/h3-9,15-16H,10-14H2,1-2H3/t16-/m1/s1. The van der Waals surface area contributed by atoms with Crippen molar-refractivity contribution >= 4 is 27.5 Å². The van der Waals surface area contributed by atoms with Gasteiger partial charge in [-0.25, -0.2) is 4.98 Å². The molecule has 2 heterocycles. The summed E-state index contributed by atoms with van der Waals surface area (Å²) in [5.74, 6) is 0.798. The Balaban J connectivity index is 1.34. The van der Waals surface area contributed by atoms with Crippen LogP contribution < -0.4 is 4.74 Å². The van der Waals surface area contributed by atoms with E-state index < -0.39 is 0 Å². The molecule has 0 radical (unpaired) electrons. The molecular formula is C22H25N3O2S. The van der Waals surface area contributed by atoms with E-state index in [0.29, 0.717) is 17.4 Å². The minimum Gasteiger partial charge on any atom is -0.497 e. The van der Waals surface area contributed by atoms with Crippen molar-refractivity contribution < 1.29 is 9.53 Å². The number of piperazine rings is 1. The third kappa shape index (κ3) is 4.03. The Morgan fingerprint density at radius 3 is 2.68 bits per heavy atom. The van der Waals surface area contributed by atoms with Gasteiger partial charge in [0.05, 0.1) is 22.3 Å². The van der Waals surface area contributed by atoms with Crippen LogP contribution >= 0.6 is 11.3 Å². The summed E-state index contributed by atoms with van der Waals surface area (Å²) >= 11 is 1.78. The normalized spacial score (nSPS) is 16.3. The molecule has 1 fully saturated rings. The smallest absolute Gasteiger partial charge is 0.254 e. The highest BCUT2D eigenvalue weighted by Gasteiger charge is 2.25. The van der Waals surface area contributed by atoms with Crippen LogP contribution in [0.1, 0.15) is 22.3 Å². The molecule has 0 saturated carbocycles. The fourth-order valence-electron chi connectivity index (χ4n) is 3.69. The number of aromatic nitrogens is 1. The van der Waals surface area contributed by atoms with Crippen molar-refractivity contribution in [3.63, 3.8) is 0 Å². The quantitative estimate of drug-likeness (QED) is 0.661. The molecule has 0 N–H and O–H groups in total. The van der Waals surface area contributed by atoms with Crippen LogP contribution in [-0.4, -0.2) is 60.0 Å². The van der Waals surface area contributed by atoms with Crippen LogP contribution in [0.25, 0.3) is 10.2 Å². The van der Waals surface area contributed by atoms with Gasteiger partial charge in [0.1, 0.15) is 5.75 Å². The number of rotatable bonds is 5. The zero-order valence-electron chi connectivity index (χ0n) is 16.3. The number of hydrogen-bond donors (Lipinski definition) is 0. The van der Waals surface area contributed by atoms with Gasteiger partial charge in [0.25, 0.3) is 5.91 Å². The molecule has 4 rings (SSSR count). The van der Waals surface area contributed by atoms with Crippen molar-refractivity contribution in [1.82, 2.24) is 14.8 Å². The van der Waals surface area contributed by atoms with Crippen LogP contribution in [0.3, 0.4) is 0 Å². The van der Waals surface area contributed by atoms with Gasteiger partial charge < -0.3 is 9.64 Å². The first-order chi connectivity index (χ1) is 13.6. The van der Waals surface area contributed by atoms with Gasteiger partial charge in [0.2, 0.25) is 0 Å². The van der Waals surface area contributed by atoms with Crippen molar-refractivity contribution in [3.05, 3.63) is 59.1 Å². The lowest BCUT2D eigenvalue weighted by Crippen LogP contribution is -2.51. The summed E-state index contributed by atoms with van der Waals surface area (Å²) in [5.41, 5.74) is 1.78. The molecule has 0 unspecified atom stereocenters. The molecule has 3 aromatic rings. The van der Waals surface area contributed by atoms with Crippen LogP contribution in [-0.2, 0) is 6.42 Å². The number of thiazole rings is 1. The molecule has 1 saturated heterocycles. The topological polar surface area (TPSA) is 45.7 Å². The van der Waals surface area contributed by atoms with Gasteiger partial charge >= 0.3 is 0 Å². The predicted octanol–water partition coefficient (Wildman–Crippen LogP) is 3.69. The molecule has 1 aliphatic rings. The Bertz CT molecular complexity index is 930. The average Bonchev–Trinajstić information content (AvgIpc) is 3.15. The van der Waals surface area contributed by atoms with Crippen LogP contribution in [0.2, 0.25) is 0 Å². The SMILES string of the molecule is COc1cccc(C(=O)N2CCN([C@H](C)Cc3nc4ccccc4s3)CC2)c1. The maximum absolute atomic E-state index is 12.8. The summed E-state index contributed by atoms with van der Waals surface area (Å²) in [6.45, 7) is 5.54. The summed E-state index contributed by atoms with van der Waals surface area (Å²) in [6, 6.07) is 16.1. The van der Waals surface area contributed by atoms with E-state index in [1.807, 2.05) is 35.2 Å². The molecule has 0 aliphatic carbocycles. The molecule has 2 aromatic carbocycles. The molecule has 6 heteroatoms. The van der Waals surface area contributed by atoms with Gasteiger partial charge in [-0.1, -0.05) is 18.2 Å². The zero-order chi connectivity index (χ0) is 19.5. The van der Waals surface area contributed by atoms with Gasteiger partial charge in [-0.3, -0.25) is 9.69 Å². The monoisotopic (exact) mass is 395 g/mol. The van der Waals surface area contributed by atoms with E-state index >= 15 is 0 Å². The molecule has 0 spiro atoms. The van der Waals surface area contributed by atoms with Gasteiger partial charge in [0, 0.05) is 44.2 Å². The predicted molar refractivity (Wildman–Crippen MR) is 113 cm³/mol. The molecule has 1 amide bonds. The molecule has 146 valence electrons. The van der Waals surface area contributed by atoms with Crippen LogP contribution in [0.5, 0.6) is 5.75 Å². The minimum atomic E-state index is 0.0809. The van der Waals surface area contributed by atoms with Crippen LogP contribution in [0.15, 0.2) is 48.5 Å². The van der Waals surface area contributed by atoms with Crippen LogP contribution in [0.4, 0.5) is 0 Å². The van der Waals surface area contributed by atoms with E-state index in [1.54, 1.807) is 18.4 Å². The average molecular weight is 396 g/mol. The maximum atomic E-state index is 12.8. The van der Waals surface area contributed by atoms with Gasteiger partial charge in [-0.2, -0.15) is 0 Å². The van der Waals surface area contributed by atoms with Crippen molar-refractivity contribution in [3.8, 4) is 5.75 Å². The lowest BCUT2D eigenvalue weighted by Gasteiger charge is -2.38. The van der Waals surface area contributed by atoms with E-state index in [2.05, 4.69) is 30.0 Å². The number of fused-ring (bicyclic) bond motifs is 1. The Morgan fingerprint density at radius 2 is 1.93 bits per heavy atom. The Kier molecular flexibility index (Phi) is 5.59. The first kappa shape index (κ1) is 18.9. The fourth-order valence-corrected chi connectivity index (χ4v) is 4.78. The minimum absolute atomic E-state index is 0.0809. The molecular weight excluding hydrogens is 370 g/mol. The largest absolute Gasteiger partial charge is 0.497 e. The highest BCUT2D eigenvalue weighted by Crippen LogP contribution is 2.24. The number of hydrogen-bond acceptors (Lipinski definition) is 5. The number of methoxy groups -OCH3 is 1. The summed E-state index contributed by atoms with van der Waals surface area (Å²) in [7, 11) is 1.62. The highest BCUT2D eigenvalue weighted by molar-refractivity contribution is 7.18. The van der Waals surface area contributed by atoms with E-state index in [4.69, 9.17) is 9.72 Å². The van der Waals surface area contributed by atoms with Crippen molar-refractivity contribution in [2.45, 2.75) is 19.4 Å². The lowest BCUT2D eigenvalue weighted by molar-refractivity contribution is 0.0582. The second-order valence-corrected chi connectivity index (χ2v) is 8.30. The third-order valence-corrected chi connectivity index (χ3v) is 6.41. The fraction of sp³-hybridized carbons (Fsp3) is 0.364. The Morgan fingerprint density at radius 1 is 1.14 bits per heavy atom. The molecule has 5 nitrogen and oxygen atoms in total. The third-order valence-electron chi connectivity index (χ3n) is 5.35. The molecule has 1 aliphatic heterocycles. The second kappa shape index (κ2) is 8.29. The van der Waals surface area contributed by atoms with Crippen molar-refractivity contribution in [1.29, 1.82) is 0 Å². The summed E-state index contributed by atoms with van der Waals surface area (Å²) in [5, 5.41) is 1.18. The summed E-state index contributed by atoms with van der Waals surface area (Å²) in [6.07, 6.45) is 0.948. The number of ether oxygens (including phenoxy) is 1. The van der Waals surface area contributed by atoms with Gasteiger partial charge in [-0.15, -0.1) is 11.3 Å². The Labute approximate surface area is 169 Å². The van der Waals surface area contributed by atoms with Gasteiger partial charge in [0.15, 0.2) is 0 Å². The second-order valence-electron chi connectivity index (χ2n) is 7.19. The van der Waals surface area contributed by atoms with E-state index in [9.17, 15) is 4.79 Å². The Hall–Kier alpha value is -2.44. The maximum Gasteiger partial charge on any atom is 0.254 e. The lowest BCUT2D eigenvalue weighted by atomic mass is 10.1. The van der Waals surface area contributed by atoms with E-state index in [-0.39, 0.29) is 5.91 Å². The summed E-state index contributed by atoms with van der Waals surface area (Å²) in [4.78, 5) is 21.9. The number of para-hydroxylation sites is 1. The molecule has 0 bridgehead atoms. The van der Waals surface area contributed by atoms with Crippen LogP contribution in [0, 0.1) is 0 Å². The first-order valence-corrected chi connectivity index (χ1v) is 10.5. The van der Waals surface area contributed by atoms with E-state index in [1.165, 1.54) is 9.71 Å². The number of nitrogens with zero attached hydrogens (tertiary/aromatic N) is 3. The number of carbonyl (C=O) groups excluding carboxylic acids is 1. The summed E-state index contributed by atoms with van der Waals surface area (Å²) < 4.78 is 6.48. The molecule has 28 heavy (non-hydrogen) atoms. The molecule has 1 aromatic heterocycles. The van der Waals surface area contributed by atoms with Gasteiger partial charge in [-0.05, 0) is 37.3 Å². The number of carbonyl (C=O) groups is 1. The van der Waals surface area contributed by atoms with E-state index in [0.717, 1.165) is 38.1 Å². The van der Waals surface area contributed by atoms with Crippen molar-refractivity contribution in [2.24, 2.45) is 0 Å². The first-order valence-electron chi connectivity index (χ1n) is 9.66. The van der Waals surface area contributed by atoms with Crippen molar-refractivity contribution in [2.75, 3.05) is 33.3 Å². The number of benzene rings is 2. The highest BCUT2D eigenvalue weighted by atomic mass is 32.1. The number of amides is 1. The molecule has 1 atom stereocenters. The zero-order valence-corrected chi connectivity index (χ0v) is 17.1.